The molecular weight excluding hydrogens is 212 g/mol. The minimum Gasteiger partial charge on any atom is -0.365 e. The molecule has 0 unspecified atom stereocenters. The third kappa shape index (κ3) is 3.07. The highest BCUT2D eigenvalue weighted by Crippen LogP contribution is 2.08. The fourth-order valence-corrected chi connectivity index (χ4v) is 1.62. The minimum atomic E-state index is 0.592. The molecule has 1 aromatic carbocycles. The zero-order valence-corrected chi connectivity index (χ0v) is 10.1. The van der Waals surface area contributed by atoms with Crippen LogP contribution in [0, 0.1) is 0 Å². The van der Waals surface area contributed by atoms with E-state index in [1.807, 2.05) is 16.9 Å². The van der Waals surface area contributed by atoms with Crippen molar-refractivity contribution in [2.75, 3.05) is 5.32 Å². The first-order valence-corrected chi connectivity index (χ1v) is 5.87. The molecule has 2 aromatic rings. The number of hydrogen-bond donors (Lipinski definition) is 2. The van der Waals surface area contributed by atoms with Gasteiger partial charge in [-0.15, -0.1) is 0 Å². The second kappa shape index (κ2) is 5.50. The molecule has 0 radical (unpaired) electrons. The van der Waals surface area contributed by atoms with Gasteiger partial charge in [-0.1, -0.05) is 24.3 Å². The molecule has 0 atom stereocenters. The van der Waals surface area contributed by atoms with E-state index >= 15 is 0 Å². The predicted octanol–water partition coefficient (Wildman–Crippen LogP) is 1.97. The van der Waals surface area contributed by atoms with Gasteiger partial charge in [-0.3, -0.25) is 4.68 Å². The van der Waals surface area contributed by atoms with E-state index in [0.29, 0.717) is 6.54 Å². The van der Waals surface area contributed by atoms with Gasteiger partial charge in [-0.25, -0.2) is 0 Å². The molecule has 0 saturated heterocycles. The lowest BCUT2D eigenvalue weighted by molar-refractivity contribution is 0.661. The van der Waals surface area contributed by atoms with Gasteiger partial charge >= 0.3 is 0 Å². The van der Waals surface area contributed by atoms with Gasteiger partial charge in [0.25, 0.3) is 0 Å². The molecule has 3 N–H and O–H groups in total. The van der Waals surface area contributed by atoms with Crippen LogP contribution in [0.5, 0.6) is 0 Å². The van der Waals surface area contributed by atoms with Crippen LogP contribution in [-0.2, 0) is 19.6 Å². The topological polar surface area (TPSA) is 55.9 Å². The first-order valence-electron chi connectivity index (χ1n) is 5.87. The van der Waals surface area contributed by atoms with Crippen molar-refractivity contribution in [2.24, 2.45) is 5.73 Å². The third-order valence-corrected chi connectivity index (χ3v) is 2.70. The first kappa shape index (κ1) is 11.7. The molecule has 17 heavy (non-hydrogen) atoms. The first-order chi connectivity index (χ1) is 8.31. The van der Waals surface area contributed by atoms with E-state index in [1.54, 1.807) is 0 Å². The third-order valence-electron chi connectivity index (χ3n) is 2.70. The number of aromatic nitrogens is 2. The average molecular weight is 230 g/mol. The Kier molecular flexibility index (Phi) is 3.77. The molecule has 0 amide bonds. The van der Waals surface area contributed by atoms with Crippen molar-refractivity contribution >= 4 is 5.82 Å². The van der Waals surface area contributed by atoms with Crippen LogP contribution in [0.25, 0.3) is 0 Å². The number of aryl methyl sites for hydroxylation is 1. The van der Waals surface area contributed by atoms with Crippen molar-refractivity contribution in [3.05, 3.63) is 47.7 Å². The Balaban J connectivity index is 1.92. The fourth-order valence-electron chi connectivity index (χ4n) is 1.62. The molecule has 0 aliphatic carbocycles. The minimum absolute atomic E-state index is 0.592. The van der Waals surface area contributed by atoms with E-state index in [9.17, 15) is 0 Å². The molecule has 2 rings (SSSR count). The van der Waals surface area contributed by atoms with Gasteiger partial charge in [-0.2, -0.15) is 5.10 Å². The molecule has 4 nitrogen and oxygen atoms in total. The van der Waals surface area contributed by atoms with Crippen molar-refractivity contribution < 1.29 is 0 Å². The molecule has 0 bridgehead atoms. The predicted molar refractivity (Wildman–Crippen MR) is 69.6 cm³/mol. The Bertz CT molecular complexity index is 459. The maximum absolute atomic E-state index is 5.55. The lowest BCUT2D eigenvalue weighted by Crippen LogP contribution is -2.02. The quantitative estimate of drug-likeness (QED) is 0.825. The fraction of sp³-hybridized carbons (Fsp3) is 0.308. The van der Waals surface area contributed by atoms with E-state index in [2.05, 4.69) is 41.6 Å². The SMILES string of the molecule is CCn1ccc(NCc2ccc(CN)cc2)n1. The van der Waals surface area contributed by atoms with Crippen molar-refractivity contribution in [3.63, 3.8) is 0 Å². The summed E-state index contributed by atoms with van der Waals surface area (Å²) in [6.07, 6.45) is 1.97. The zero-order valence-electron chi connectivity index (χ0n) is 10.1. The highest BCUT2D eigenvalue weighted by atomic mass is 15.3. The molecule has 0 fully saturated rings. The van der Waals surface area contributed by atoms with E-state index in [4.69, 9.17) is 5.73 Å². The molecule has 90 valence electrons. The van der Waals surface area contributed by atoms with Gasteiger partial charge in [0.2, 0.25) is 0 Å². The Morgan fingerprint density at radius 2 is 1.88 bits per heavy atom. The number of anilines is 1. The number of hydrogen-bond acceptors (Lipinski definition) is 3. The summed E-state index contributed by atoms with van der Waals surface area (Å²) < 4.78 is 1.90. The summed E-state index contributed by atoms with van der Waals surface area (Å²) in [6, 6.07) is 10.3. The summed E-state index contributed by atoms with van der Waals surface area (Å²) in [6.45, 7) is 4.34. The normalized spacial score (nSPS) is 10.5. The molecule has 4 heteroatoms. The van der Waals surface area contributed by atoms with Gasteiger partial charge < -0.3 is 11.1 Å². The Hall–Kier alpha value is -1.81. The Morgan fingerprint density at radius 1 is 1.18 bits per heavy atom. The average Bonchev–Trinajstić information content (AvgIpc) is 2.85. The number of nitrogens with zero attached hydrogens (tertiary/aromatic N) is 2. The molecule has 0 aliphatic rings. The van der Waals surface area contributed by atoms with Crippen molar-refractivity contribution in [2.45, 2.75) is 26.6 Å². The van der Waals surface area contributed by atoms with Crippen LogP contribution >= 0.6 is 0 Å². The number of nitrogens with two attached hydrogens (primary N) is 1. The van der Waals surface area contributed by atoms with Gasteiger partial charge in [-0.05, 0) is 18.1 Å². The van der Waals surface area contributed by atoms with E-state index in [1.165, 1.54) is 5.56 Å². The van der Waals surface area contributed by atoms with Crippen LogP contribution in [0.2, 0.25) is 0 Å². The molecular formula is C13H18N4. The molecule has 0 spiro atoms. The molecule has 0 aliphatic heterocycles. The standard InChI is InChI=1S/C13H18N4/c1-2-17-8-7-13(16-17)15-10-12-5-3-11(9-14)4-6-12/h3-8H,2,9-10,14H2,1H3,(H,15,16). The summed E-state index contributed by atoms with van der Waals surface area (Å²) in [7, 11) is 0. The van der Waals surface area contributed by atoms with Gasteiger partial charge in [0.15, 0.2) is 0 Å². The maximum atomic E-state index is 5.55. The largest absolute Gasteiger partial charge is 0.365 e. The van der Waals surface area contributed by atoms with E-state index in [0.717, 1.165) is 24.5 Å². The highest BCUT2D eigenvalue weighted by molar-refractivity contribution is 5.34. The summed E-state index contributed by atoms with van der Waals surface area (Å²) in [5.41, 5.74) is 7.94. The highest BCUT2D eigenvalue weighted by Gasteiger charge is 1.97. The summed E-state index contributed by atoms with van der Waals surface area (Å²) >= 11 is 0. The van der Waals surface area contributed by atoms with E-state index in [-0.39, 0.29) is 0 Å². The smallest absolute Gasteiger partial charge is 0.148 e. The molecule has 0 saturated carbocycles. The van der Waals surface area contributed by atoms with E-state index < -0.39 is 0 Å². The Morgan fingerprint density at radius 3 is 2.47 bits per heavy atom. The van der Waals surface area contributed by atoms with Crippen molar-refractivity contribution in [1.29, 1.82) is 0 Å². The second-order valence-electron chi connectivity index (χ2n) is 3.93. The van der Waals surface area contributed by atoms with Crippen LogP contribution < -0.4 is 11.1 Å². The zero-order chi connectivity index (χ0) is 12.1. The summed E-state index contributed by atoms with van der Waals surface area (Å²) in [5.74, 6) is 0.912. The monoisotopic (exact) mass is 230 g/mol. The van der Waals surface area contributed by atoms with Crippen molar-refractivity contribution in [3.8, 4) is 0 Å². The lowest BCUT2D eigenvalue weighted by atomic mass is 10.1. The van der Waals surface area contributed by atoms with Crippen LogP contribution in [0.4, 0.5) is 5.82 Å². The van der Waals surface area contributed by atoms with Gasteiger partial charge in [0, 0.05) is 31.9 Å². The molecule has 1 heterocycles. The van der Waals surface area contributed by atoms with Gasteiger partial charge in [0.05, 0.1) is 0 Å². The van der Waals surface area contributed by atoms with Crippen molar-refractivity contribution in [1.82, 2.24) is 9.78 Å². The number of nitrogens with one attached hydrogen (secondary N) is 1. The van der Waals surface area contributed by atoms with Crippen LogP contribution in [0.3, 0.4) is 0 Å². The maximum Gasteiger partial charge on any atom is 0.148 e. The summed E-state index contributed by atoms with van der Waals surface area (Å²) in [5, 5.41) is 7.65. The lowest BCUT2D eigenvalue weighted by Gasteiger charge is -2.04. The Labute approximate surface area is 101 Å². The van der Waals surface area contributed by atoms with Crippen LogP contribution in [-0.4, -0.2) is 9.78 Å². The summed E-state index contributed by atoms with van der Waals surface area (Å²) in [4.78, 5) is 0. The number of benzene rings is 1. The number of rotatable bonds is 5. The second-order valence-corrected chi connectivity index (χ2v) is 3.93. The molecule has 1 aromatic heterocycles. The van der Waals surface area contributed by atoms with Crippen LogP contribution in [0.1, 0.15) is 18.1 Å². The van der Waals surface area contributed by atoms with Gasteiger partial charge in [0.1, 0.15) is 5.82 Å². The van der Waals surface area contributed by atoms with Crippen LogP contribution in [0.15, 0.2) is 36.5 Å².